The van der Waals surface area contributed by atoms with Gasteiger partial charge in [-0.15, -0.1) is 0 Å². The van der Waals surface area contributed by atoms with Gasteiger partial charge in [-0.25, -0.2) is 4.98 Å². The van der Waals surface area contributed by atoms with E-state index >= 15 is 0 Å². The molecule has 2 N–H and O–H groups in total. The number of hydrogen-bond donors (Lipinski definition) is 2. The van der Waals surface area contributed by atoms with Crippen LogP contribution in [0.5, 0.6) is 0 Å². The first kappa shape index (κ1) is 10.3. The Hall–Kier alpha value is -1.88. The molecule has 5 heteroatoms. The summed E-state index contributed by atoms with van der Waals surface area (Å²) in [6.45, 7) is 4.11. The molecule has 0 saturated carbocycles. The second kappa shape index (κ2) is 4.55. The minimum atomic E-state index is 1.00. The lowest BCUT2D eigenvalue weighted by molar-refractivity contribution is 0.585. The molecule has 2 aromatic rings. The molecule has 0 radical (unpaired) electrons. The van der Waals surface area contributed by atoms with Gasteiger partial charge < -0.3 is 10.2 Å². The molecule has 5 nitrogen and oxygen atoms in total. The van der Waals surface area contributed by atoms with Gasteiger partial charge >= 0.3 is 0 Å². The van der Waals surface area contributed by atoms with E-state index in [1.54, 1.807) is 6.20 Å². The Balaban J connectivity index is 1.80. The molecule has 0 amide bonds. The average molecular weight is 229 g/mol. The number of H-pyrrole nitrogens is 1. The van der Waals surface area contributed by atoms with Gasteiger partial charge in [0, 0.05) is 44.1 Å². The van der Waals surface area contributed by atoms with E-state index in [-0.39, 0.29) is 0 Å². The molecule has 1 aliphatic rings. The van der Waals surface area contributed by atoms with E-state index < -0.39 is 0 Å². The lowest BCUT2D eigenvalue weighted by Gasteiger charge is -2.28. The molecule has 0 bridgehead atoms. The number of pyridine rings is 1. The Bertz CT molecular complexity index is 456. The van der Waals surface area contributed by atoms with Crippen LogP contribution in [0.15, 0.2) is 30.6 Å². The number of anilines is 1. The minimum absolute atomic E-state index is 1.00. The fraction of sp³-hybridized carbons (Fsp3) is 0.333. The smallest absolute Gasteiger partial charge is 0.128 e. The van der Waals surface area contributed by atoms with Crippen molar-refractivity contribution in [2.75, 3.05) is 31.1 Å². The Kier molecular flexibility index (Phi) is 2.75. The van der Waals surface area contributed by atoms with Gasteiger partial charge in [0.25, 0.3) is 0 Å². The number of rotatable bonds is 2. The number of piperazine rings is 1. The third kappa shape index (κ3) is 2.14. The van der Waals surface area contributed by atoms with E-state index in [0.29, 0.717) is 0 Å². The lowest BCUT2D eigenvalue weighted by atomic mass is 10.2. The van der Waals surface area contributed by atoms with Gasteiger partial charge in [-0.3, -0.25) is 5.10 Å². The molecule has 1 aliphatic heterocycles. The van der Waals surface area contributed by atoms with Gasteiger partial charge in [0.2, 0.25) is 0 Å². The molecule has 3 rings (SSSR count). The van der Waals surface area contributed by atoms with Crippen LogP contribution < -0.4 is 10.2 Å². The zero-order valence-electron chi connectivity index (χ0n) is 9.56. The summed E-state index contributed by atoms with van der Waals surface area (Å²) in [5.74, 6) is 1.05. The Labute approximate surface area is 99.9 Å². The first-order valence-electron chi connectivity index (χ1n) is 5.85. The zero-order chi connectivity index (χ0) is 11.5. The first-order chi connectivity index (χ1) is 8.43. The average Bonchev–Trinajstić information content (AvgIpc) is 2.94. The van der Waals surface area contributed by atoms with Crippen LogP contribution in [-0.2, 0) is 0 Å². The highest BCUT2D eigenvalue weighted by Gasteiger charge is 2.11. The van der Waals surface area contributed by atoms with Crippen molar-refractivity contribution in [3.05, 3.63) is 30.6 Å². The summed E-state index contributed by atoms with van der Waals surface area (Å²) in [4.78, 5) is 6.81. The van der Waals surface area contributed by atoms with Gasteiger partial charge in [0.05, 0.1) is 5.69 Å². The van der Waals surface area contributed by atoms with Gasteiger partial charge in [0.1, 0.15) is 5.82 Å². The van der Waals surface area contributed by atoms with Crippen molar-refractivity contribution in [1.82, 2.24) is 20.5 Å². The van der Waals surface area contributed by atoms with E-state index in [9.17, 15) is 0 Å². The molecule has 0 aliphatic carbocycles. The van der Waals surface area contributed by atoms with Crippen LogP contribution in [0.4, 0.5) is 5.82 Å². The second-order valence-corrected chi connectivity index (χ2v) is 4.11. The van der Waals surface area contributed by atoms with Crippen molar-refractivity contribution in [2.24, 2.45) is 0 Å². The summed E-state index contributed by atoms with van der Waals surface area (Å²) in [5, 5.41) is 10.2. The largest absolute Gasteiger partial charge is 0.354 e. The zero-order valence-corrected chi connectivity index (χ0v) is 9.56. The van der Waals surface area contributed by atoms with Crippen LogP contribution in [0, 0.1) is 0 Å². The second-order valence-electron chi connectivity index (χ2n) is 4.11. The third-order valence-electron chi connectivity index (χ3n) is 3.00. The van der Waals surface area contributed by atoms with E-state index in [4.69, 9.17) is 0 Å². The van der Waals surface area contributed by atoms with Gasteiger partial charge in [-0.05, 0) is 18.2 Å². The van der Waals surface area contributed by atoms with Crippen molar-refractivity contribution in [2.45, 2.75) is 0 Å². The fourth-order valence-corrected chi connectivity index (χ4v) is 2.04. The Morgan fingerprint density at radius 1 is 1.12 bits per heavy atom. The summed E-state index contributed by atoms with van der Waals surface area (Å²) in [5.41, 5.74) is 2.07. The molecular weight excluding hydrogens is 214 g/mol. The highest BCUT2D eigenvalue weighted by molar-refractivity contribution is 5.59. The van der Waals surface area contributed by atoms with Crippen molar-refractivity contribution in [1.29, 1.82) is 0 Å². The predicted molar refractivity (Wildman–Crippen MR) is 66.9 cm³/mol. The maximum atomic E-state index is 4.51. The van der Waals surface area contributed by atoms with Crippen LogP contribution in [0.1, 0.15) is 0 Å². The lowest BCUT2D eigenvalue weighted by Crippen LogP contribution is -2.43. The van der Waals surface area contributed by atoms with Crippen LogP contribution in [0.25, 0.3) is 11.3 Å². The molecule has 17 heavy (non-hydrogen) atoms. The first-order valence-corrected chi connectivity index (χ1v) is 5.85. The molecule has 3 heterocycles. The van der Waals surface area contributed by atoms with Crippen LogP contribution in [0.2, 0.25) is 0 Å². The quantitative estimate of drug-likeness (QED) is 0.802. The molecule has 0 aromatic carbocycles. The summed E-state index contributed by atoms with van der Waals surface area (Å²) in [6, 6.07) is 6.10. The predicted octanol–water partition coefficient (Wildman–Crippen LogP) is 0.881. The number of aromatic amines is 1. The molecule has 0 unspecified atom stereocenters. The number of nitrogens with one attached hydrogen (secondary N) is 2. The van der Waals surface area contributed by atoms with E-state index in [0.717, 1.165) is 43.3 Å². The molecule has 1 saturated heterocycles. The maximum Gasteiger partial charge on any atom is 0.128 e. The van der Waals surface area contributed by atoms with Crippen molar-refractivity contribution in [3.8, 4) is 11.3 Å². The molecule has 88 valence electrons. The summed E-state index contributed by atoms with van der Waals surface area (Å²) in [6.07, 6.45) is 3.64. The number of nitrogens with zero attached hydrogens (tertiary/aromatic N) is 3. The molecule has 1 fully saturated rings. The standard InChI is InChI=1S/C12H15N5/c1-2-12(17-7-5-13-6-8-17)14-9-10(1)11-3-4-15-16-11/h1-4,9,13H,5-8H2,(H,15,16). The monoisotopic (exact) mass is 229 g/mol. The summed E-state index contributed by atoms with van der Waals surface area (Å²) in [7, 11) is 0. The van der Waals surface area contributed by atoms with Crippen molar-refractivity contribution < 1.29 is 0 Å². The fourth-order valence-electron chi connectivity index (χ4n) is 2.04. The van der Waals surface area contributed by atoms with Crippen LogP contribution in [0.3, 0.4) is 0 Å². The van der Waals surface area contributed by atoms with Crippen molar-refractivity contribution >= 4 is 5.82 Å². The van der Waals surface area contributed by atoms with Gasteiger partial charge in [-0.1, -0.05) is 0 Å². The minimum Gasteiger partial charge on any atom is -0.354 e. The molecule has 2 aromatic heterocycles. The van der Waals surface area contributed by atoms with Gasteiger partial charge in [0.15, 0.2) is 0 Å². The molecule has 0 spiro atoms. The molecule has 0 atom stereocenters. The molecular formula is C12H15N5. The number of hydrogen-bond acceptors (Lipinski definition) is 4. The van der Waals surface area contributed by atoms with E-state index in [1.165, 1.54) is 0 Å². The van der Waals surface area contributed by atoms with E-state index in [1.807, 2.05) is 12.3 Å². The number of aromatic nitrogens is 3. The maximum absolute atomic E-state index is 4.51. The van der Waals surface area contributed by atoms with Crippen LogP contribution >= 0.6 is 0 Å². The SMILES string of the molecule is c1cc(-c2ccc(N3CCNCC3)nc2)[nH]n1. The Morgan fingerprint density at radius 3 is 2.65 bits per heavy atom. The van der Waals surface area contributed by atoms with Crippen molar-refractivity contribution in [3.63, 3.8) is 0 Å². The summed E-state index contributed by atoms with van der Waals surface area (Å²) >= 11 is 0. The van der Waals surface area contributed by atoms with E-state index in [2.05, 4.69) is 37.5 Å². The third-order valence-corrected chi connectivity index (χ3v) is 3.00. The summed E-state index contributed by atoms with van der Waals surface area (Å²) < 4.78 is 0. The van der Waals surface area contributed by atoms with Gasteiger partial charge in [-0.2, -0.15) is 5.10 Å². The highest BCUT2D eigenvalue weighted by Crippen LogP contribution is 2.18. The highest BCUT2D eigenvalue weighted by atomic mass is 15.2. The Morgan fingerprint density at radius 2 is 2.00 bits per heavy atom. The van der Waals surface area contributed by atoms with Crippen LogP contribution in [-0.4, -0.2) is 41.4 Å². The topological polar surface area (TPSA) is 56.8 Å². The normalized spacial score (nSPS) is 16.1.